The molecule has 0 atom stereocenters. The van der Waals surface area contributed by atoms with Crippen LogP contribution in [0.5, 0.6) is 11.5 Å². The molecule has 0 heterocycles. The Morgan fingerprint density at radius 2 is 1.54 bits per heavy atom. The maximum atomic E-state index is 12.1. The van der Waals surface area contributed by atoms with Gasteiger partial charge in [0.1, 0.15) is 11.5 Å². The monoisotopic (exact) mass is 360 g/mol. The average molecular weight is 360 g/mol. The number of hydrogen-bond donors (Lipinski definition) is 1. The van der Waals surface area contributed by atoms with E-state index in [0.29, 0.717) is 18.0 Å². The summed E-state index contributed by atoms with van der Waals surface area (Å²) in [4.78, 5) is 14.1. The summed E-state index contributed by atoms with van der Waals surface area (Å²) in [5.41, 5.74) is 5.74. The Hall–Kier alpha value is -1.91. The Morgan fingerprint density at radius 1 is 0.962 bits per heavy atom. The van der Waals surface area contributed by atoms with Crippen molar-refractivity contribution in [2.45, 2.75) is 69.9 Å². The molecule has 0 aliphatic heterocycles. The number of ether oxygens (including phenoxy) is 2. The van der Waals surface area contributed by atoms with Gasteiger partial charge in [-0.3, -0.25) is 0 Å². The fourth-order valence-electron chi connectivity index (χ4n) is 4.49. The fourth-order valence-corrected chi connectivity index (χ4v) is 4.49. The van der Waals surface area contributed by atoms with Crippen molar-refractivity contribution in [1.82, 2.24) is 4.90 Å². The van der Waals surface area contributed by atoms with Crippen molar-refractivity contribution in [2.24, 2.45) is 11.7 Å². The van der Waals surface area contributed by atoms with E-state index in [1.54, 1.807) is 7.11 Å². The van der Waals surface area contributed by atoms with Crippen molar-refractivity contribution in [1.29, 1.82) is 0 Å². The number of primary amides is 1. The van der Waals surface area contributed by atoms with Crippen LogP contribution >= 0.6 is 0 Å². The molecule has 2 N–H and O–H groups in total. The molecular formula is C21H32N2O3. The quantitative estimate of drug-likeness (QED) is 0.820. The number of carbonyl (C=O) groups is 1. The molecule has 2 saturated carbocycles. The minimum atomic E-state index is -0.227. The van der Waals surface area contributed by atoms with Gasteiger partial charge in [-0.1, -0.05) is 19.3 Å². The largest absolute Gasteiger partial charge is 0.497 e. The van der Waals surface area contributed by atoms with Gasteiger partial charge in [0, 0.05) is 12.1 Å². The minimum absolute atomic E-state index is 0.227. The van der Waals surface area contributed by atoms with Crippen LogP contribution in [-0.4, -0.2) is 36.7 Å². The molecule has 0 radical (unpaired) electrons. The minimum Gasteiger partial charge on any atom is -0.497 e. The Labute approximate surface area is 156 Å². The molecule has 2 aliphatic carbocycles. The van der Waals surface area contributed by atoms with Gasteiger partial charge in [-0.05, 0) is 68.7 Å². The Balaban J connectivity index is 1.47. The Bertz CT molecular complexity index is 561. The molecule has 144 valence electrons. The van der Waals surface area contributed by atoms with Crippen LogP contribution in [0.4, 0.5) is 4.79 Å². The predicted octanol–water partition coefficient (Wildman–Crippen LogP) is 4.35. The zero-order chi connectivity index (χ0) is 18.4. The number of amides is 2. The molecule has 0 spiro atoms. The molecule has 1 aromatic rings. The van der Waals surface area contributed by atoms with Crippen LogP contribution in [-0.2, 0) is 0 Å². The second-order valence-corrected chi connectivity index (χ2v) is 7.70. The number of urea groups is 1. The summed E-state index contributed by atoms with van der Waals surface area (Å²) in [6, 6.07) is 8.17. The van der Waals surface area contributed by atoms with Crippen LogP contribution < -0.4 is 15.2 Å². The lowest BCUT2D eigenvalue weighted by molar-refractivity contribution is 0.0913. The third-order valence-electron chi connectivity index (χ3n) is 5.98. The standard InChI is InChI=1S/C21H32N2O3/c1-25-19-11-13-20(14-12-19)26-15-16-7-9-18(10-8-16)23(21(22)24)17-5-3-2-4-6-17/h11-14,16-18H,2-10,15H2,1H3,(H2,22,24)/t16-,18-. The molecule has 0 saturated heterocycles. The van der Waals surface area contributed by atoms with Crippen molar-refractivity contribution < 1.29 is 14.3 Å². The molecule has 5 nitrogen and oxygen atoms in total. The first-order valence-corrected chi connectivity index (χ1v) is 10.0. The van der Waals surface area contributed by atoms with Crippen molar-refractivity contribution in [2.75, 3.05) is 13.7 Å². The smallest absolute Gasteiger partial charge is 0.315 e. The van der Waals surface area contributed by atoms with E-state index in [4.69, 9.17) is 15.2 Å². The summed E-state index contributed by atoms with van der Waals surface area (Å²) >= 11 is 0. The van der Waals surface area contributed by atoms with Crippen LogP contribution in [0.3, 0.4) is 0 Å². The molecule has 0 aromatic heterocycles. The highest BCUT2D eigenvalue weighted by atomic mass is 16.5. The van der Waals surface area contributed by atoms with Crippen molar-refractivity contribution in [3.8, 4) is 11.5 Å². The number of rotatable bonds is 6. The van der Waals surface area contributed by atoms with Gasteiger partial charge in [0.2, 0.25) is 0 Å². The summed E-state index contributed by atoms with van der Waals surface area (Å²) in [5.74, 6) is 2.27. The van der Waals surface area contributed by atoms with Gasteiger partial charge in [-0.2, -0.15) is 0 Å². The normalized spacial score (nSPS) is 24.0. The summed E-state index contributed by atoms with van der Waals surface area (Å²) in [6.07, 6.45) is 10.2. The van der Waals surface area contributed by atoms with Crippen LogP contribution in [0.25, 0.3) is 0 Å². The second kappa shape index (κ2) is 9.15. The zero-order valence-corrected chi connectivity index (χ0v) is 15.9. The van der Waals surface area contributed by atoms with E-state index in [2.05, 4.69) is 0 Å². The van der Waals surface area contributed by atoms with Crippen LogP contribution in [0, 0.1) is 5.92 Å². The predicted molar refractivity (Wildman–Crippen MR) is 103 cm³/mol. The lowest BCUT2D eigenvalue weighted by atomic mass is 9.84. The van der Waals surface area contributed by atoms with E-state index in [0.717, 1.165) is 56.6 Å². The molecular weight excluding hydrogens is 328 g/mol. The first kappa shape index (κ1) is 18.9. The van der Waals surface area contributed by atoms with E-state index in [9.17, 15) is 4.79 Å². The summed E-state index contributed by atoms with van der Waals surface area (Å²) < 4.78 is 11.1. The molecule has 0 bridgehead atoms. The fraction of sp³-hybridized carbons (Fsp3) is 0.667. The molecule has 2 aliphatic rings. The third-order valence-corrected chi connectivity index (χ3v) is 5.98. The first-order valence-electron chi connectivity index (χ1n) is 10.0. The maximum absolute atomic E-state index is 12.1. The van der Waals surface area contributed by atoms with Gasteiger partial charge in [0.15, 0.2) is 0 Å². The average Bonchev–Trinajstić information content (AvgIpc) is 2.68. The van der Waals surface area contributed by atoms with E-state index in [-0.39, 0.29) is 6.03 Å². The second-order valence-electron chi connectivity index (χ2n) is 7.70. The van der Waals surface area contributed by atoms with Crippen molar-refractivity contribution in [3.05, 3.63) is 24.3 Å². The van der Waals surface area contributed by atoms with Crippen LogP contribution in [0.15, 0.2) is 24.3 Å². The molecule has 1 aromatic carbocycles. The van der Waals surface area contributed by atoms with Gasteiger partial charge < -0.3 is 20.1 Å². The van der Waals surface area contributed by atoms with Gasteiger partial charge in [-0.15, -0.1) is 0 Å². The highest BCUT2D eigenvalue weighted by molar-refractivity contribution is 5.72. The maximum Gasteiger partial charge on any atom is 0.315 e. The number of nitrogens with zero attached hydrogens (tertiary/aromatic N) is 1. The van der Waals surface area contributed by atoms with Gasteiger partial charge >= 0.3 is 6.03 Å². The third kappa shape index (κ3) is 4.83. The number of hydrogen-bond acceptors (Lipinski definition) is 3. The highest BCUT2D eigenvalue weighted by Crippen LogP contribution is 2.32. The molecule has 2 fully saturated rings. The molecule has 3 rings (SSSR count). The van der Waals surface area contributed by atoms with Crippen molar-refractivity contribution in [3.63, 3.8) is 0 Å². The summed E-state index contributed by atoms with van der Waals surface area (Å²) in [7, 11) is 1.66. The molecule has 5 heteroatoms. The van der Waals surface area contributed by atoms with E-state index in [1.807, 2.05) is 29.2 Å². The number of benzene rings is 1. The zero-order valence-electron chi connectivity index (χ0n) is 15.9. The topological polar surface area (TPSA) is 64.8 Å². The number of nitrogens with two attached hydrogens (primary N) is 1. The van der Waals surface area contributed by atoms with E-state index >= 15 is 0 Å². The lowest BCUT2D eigenvalue weighted by Gasteiger charge is -2.42. The summed E-state index contributed by atoms with van der Waals surface area (Å²) in [6.45, 7) is 0.735. The first-order chi connectivity index (χ1) is 12.7. The SMILES string of the molecule is COc1ccc(OC[C@H]2CC[C@H](N(C(N)=O)C3CCCCC3)CC2)cc1. The van der Waals surface area contributed by atoms with Gasteiger partial charge in [-0.25, -0.2) is 4.79 Å². The van der Waals surface area contributed by atoms with Crippen LogP contribution in [0.2, 0.25) is 0 Å². The number of carbonyl (C=O) groups excluding carboxylic acids is 1. The van der Waals surface area contributed by atoms with Gasteiger partial charge in [0.05, 0.1) is 13.7 Å². The number of methoxy groups -OCH3 is 1. The van der Waals surface area contributed by atoms with Gasteiger partial charge in [0.25, 0.3) is 0 Å². The van der Waals surface area contributed by atoms with E-state index < -0.39 is 0 Å². The Morgan fingerprint density at radius 3 is 2.12 bits per heavy atom. The molecule has 2 amide bonds. The van der Waals surface area contributed by atoms with Crippen molar-refractivity contribution >= 4 is 6.03 Å². The molecule has 26 heavy (non-hydrogen) atoms. The van der Waals surface area contributed by atoms with E-state index in [1.165, 1.54) is 19.3 Å². The van der Waals surface area contributed by atoms with Crippen LogP contribution in [0.1, 0.15) is 57.8 Å². The molecule has 0 unspecified atom stereocenters. The Kier molecular flexibility index (Phi) is 6.64. The highest BCUT2D eigenvalue weighted by Gasteiger charge is 2.33. The lowest BCUT2D eigenvalue weighted by Crippen LogP contribution is -2.51. The summed E-state index contributed by atoms with van der Waals surface area (Å²) in [5, 5.41) is 0.